The minimum atomic E-state index is -2.31. The van der Waals surface area contributed by atoms with Gasteiger partial charge in [-0.05, 0) is 55.5 Å². The van der Waals surface area contributed by atoms with Gasteiger partial charge in [-0.15, -0.1) is 0 Å². The average Bonchev–Trinajstić information content (AvgIpc) is 2.21. The summed E-state index contributed by atoms with van der Waals surface area (Å²) in [6.45, 7) is 1.61. The van der Waals surface area contributed by atoms with E-state index in [0.29, 0.717) is 5.69 Å². The van der Waals surface area contributed by atoms with E-state index in [4.69, 9.17) is 4.89 Å². The molecule has 2 N–H and O–H groups in total. The predicted octanol–water partition coefficient (Wildman–Crippen LogP) is 4.28. The second-order valence-corrected chi connectivity index (χ2v) is 7.36. The van der Waals surface area contributed by atoms with Gasteiger partial charge in [0.2, 0.25) is 5.91 Å². The summed E-state index contributed by atoms with van der Waals surface area (Å²) < 4.78 is 13.0. The Hall–Kier alpha value is 0.190. The Bertz CT molecular complexity index is 472. The number of halogens is 3. The molecule has 2 atom stereocenters. The molecule has 0 aromatic heterocycles. The number of rotatable bonds is 4. The first-order chi connectivity index (χ1) is 8.31. The predicted molar refractivity (Wildman–Crippen MR) is 82.0 cm³/mol. The Kier molecular flexibility index (Phi) is 6.41. The van der Waals surface area contributed by atoms with Gasteiger partial charge in [0.05, 0.1) is 11.6 Å². The van der Waals surface area contributed by atoms with Crippen molar-refractivity contribution in [2.75, 3.05) is 11.5 Å². The third-order valence-electron chi connectivity index (χ3n) is 2.13. The fraction of sp³-hybridized carbons (Fsp3) is 0.300. The number of anilines is 1. The summed E-state index contributed by atoms with van der Waals surface area (Å²) in [5, 5.41) is 2.72. The molecule has 0 aliphatic heterocycles. The third-order valence-corrected chi connectivity index (χ3v) is 4.70. The van der Waals surface area contributed by atoms with Crippen molar-refractivity contribution in [3.8, 4) is 0 Å². The Morgan fingerprint density at radius 1 is 1.39 bits per heavy atom. The molecule has 0 saturated heterocycles. The van der Waals surface area contributed by atoms with Crippen LogP contribution in [0.5, 0.6) is 0 Å². The summed E-state index contributed by atoms with van der Waals surface area (Å²) in [5.74, 6) is -0.822. The molecular formula is C10H10Br3NO3P+. The van der Waals surface area contributed by atoms with Gasteiger partial charge in [0, 0.05) is 13.4 Å². The molecule has 0 aliphatic rings. The summed E-state index contributed by atoms with van der Waals surface area (Å²) in [6, 6.07) is 3.61. The van der Waals surface area contributed by atoms with E-state index in [9.17, 15) is 9.36 Å². The van der Waals surface area contributed by atoms with E-state index in [0.717, 1.165) is 13.4 Å². The van der Waals surface area contributed by atoms with Gasteiger partial charge in [-0.2, -0.15) is 4.89 Å². The maximum atomic E-state index is 11.8. The van der Waals surface area contributed by atoms with Crippen molar-refractivity contribution in [2.45, 2.75) is 6.92 Å². The number of amides is 1. The highest BCUT2D eigenvalue weighted by atomic mass is 79.9. The zero-order valence-corrected chi connectivity index (χ0v) is 14.9. The van der Waals surface area contributed by atoms with Crippen LogP contribution in [0.2, 0.25) is 0 Å². The molecule has 0 fully saturated rings. The molecule has 0 radical (unpaired) electrons. The second-order valence-electron chi connectivity index (χ2n) is 3.67. The van der Waals surface area contributed by atoms with Crippen LogP contribution in [0.3, 0.4) is 0 Å². The maximum absolute atomic E-state index is 11.8. The van der Waals surface area contributed by atoms with Crippen LogP contribution in [0, 0.1) is 5.92 Å². The minimum absolute atomic E-state index is 0.0487. The van der Waals surface area contributed by atoms with E-state index in [1.165, 1.54) is 0 Å². The Labute approximate surface area is 131 Å². The molecule has 2 unspecified atom stereocenters. The zero-order valence-electron chi connectivity index (χ0n) is 9.28. The molecule has 0 bridgehead atoms. The van der Waals surface area contributed by atoms with Crippen molar-refractivity contribution < 1.29 is 14.3 Å². The Balaban J connectivity index is 2.85. The van der Waals surface area contributed by atoms with E-state index in [-0.39, 0.29) is 12.1 Å². The lowest BCUT2D eigenvalue weighted by Crippen LogP contribution is -2.22. The van der Waals surface area contributed by atoms with Crippen LogP contribution in [0.1, 0.15) is 6.92 Å². The number of nitrogens with one attached hydrogen (secondary N) is 1. The highest BCUT2D eigenvalue weighted by Gasteiger charge is 2.24. The first kappa shape index (κ1) is 16.2. The van der Waals surface area contributed by atoms with Crippen molar-refractivity contribution in [3.63, 3.8) is 0 Å². The van der Waals surface area contributed by atoms with E-state index >= 15 is 0 Å². The van der Waals surface area contributed by atoms with Crippen molar-refractivity contribution in [1.29, 1.82) is 0 Å². The molecular weight excluding hydrogens is 453 g/mol. The van der Waals surface area contributed by atoms with Gasteiger partial charge in [0.1, 0.15) is 0 Å². The molecule has 18 heavy (non-hydrogen) atoms. The number of carbonyl (C=O) groups excluding carboxylic acids is 1. The topological polar surface area (TPSA) is 66.4 Å². The smallest absolute Gasteiger partial charge is 0.324 e. The minimum Gasteiger partial charge on any atom is -0.324 e. The van der Waals surface area contributed by atoms with Crippen molar-refractivity contribution in [3.05, 3.63) is 25.6 Å². The number of hydrogen-bond donors (Lipinski definition) is 2. The molecule has 0 spiro atoms. The molecule has 0 heterocycles. The van der Waals surface area contributed by atoms with E-state index in [1.54, 1.807) is 19.1 Å². The van der Waals surface area contributed by atoms with Gasteiger partial charge in [0.15, 0.2) is 6.16 Å². The van der Waals surface area contributed by atoms with Gasteiger partial charge in [-0.25, -0.2) is 0 Å². The molecule has 4 nitrogen and oxygen atoms in total. The van der Waals surface area contributed by atoms with Crippen molar-refractivity contribution >= 4 is 67.4 Å². The van der Waals surface area contributed by atoms with Crippen LogP contribution in [-0.4, -0.2) is 17.0 Å². The molecule has 1 amide bonds. The van der Waals surface area contributed by atoms with Crippen LogP contribution in [0.25, 0.3) is 0 Å². The number of carbonyl (C=O) groups is 1. The quantitative estimate of drug-likeness (QED) is 0.656. The van der Waals surface area contributed by atoms with Crippen LogP contribution < -0.4 is 5.32 Å². The summed E-state index contributed by atoms with van der Waals surface area (Å²) in [4.78, 5) is 20.6. The standard InChI is InChI=1S/C10H9Br3NO3P/c1-5(4-18(16)17)10(15)14-9-7(12)2-6(11)3-8(9)13/h2-3,5H,4H2,1H3,(H-,14,15,16,17)/p+1. The third kappa shape index (κ3) is 4.70. The summed E-state index contributed by atoms with van der Waals surface area (Å²) in [7, 11) is -2.31. The van der Waals surface area contributed by atoms with Crippen LogP contribution >= 0.6 is 55.8 Å². The zero-order chi connectivity index (χ0) is 13.9. The van der Waals surface area contributed by atoms with Gasteiger partial charge >= 0.3 is 8.03 Å². The molecule has 1 rings (SSSR count). The molecule has 0 saturated carbocycles. The number of benzene rings is 1. The molecule has 8 heteroatoms. The lowest BCUT2D eigenvalue weighted by atomic mass is 10.2. The average molecular weight is 463 g/mol. The lowest BCUT2D eigenvalue weighted by molar-refractivity contribution is -0.118. The largest absolute Gasteiger partial charge is 0.506 e. The fourth-order valence-corrected chi connectivity index (χ4v) is 4.32. The van der Waals surface area contributed by atoms with Crippen LogP contribution in [-0.2, 0) is 9.36 Å². The summed E-state index contributed by atoms with van der Waals surface area (Å²) in [6.07, 6.45) is -0.0487. The van der Waals surface area contributed by atoms with Crippen LogP contribution in [0.4, 0.5) is 5.69 Å². The highest BCUT2D eigenvalue weighted by Crippen LogP contribution is 2.34. The SMILES string of the molecule is CC(C[P+](=O)O)C(=O)Nc1c(Br)cc(Br)cc1Br. The lowest BCUT2D eigenvalue weighted by Gasteiger charge is -2.12. The molecule has 98 valence electrons. The van der Waals surface area contributed by atoms with Gasteiger partial charge < -0.3 is 5.32 Å². The Morgan fingerprint density at radius 3 is 2.33 bits per heavy atom. The number of hydrogen-bond acceptors (Lipinski definition) is 2. The summed E-state index contributed by atoms with van der Waals surface area (Å²) >= 11 is 10.0. The fourth-order valence-electron chi connectivity index (χ4n) is 1.23. The second kappa shape index (κ2) is 7.10. The van der Waals surface area contributed by atoms with E-state index < -0.39 is 13.9 Å². The van der Waals surface area contributed by atoms with Gasteiger partial charge in [-0.1, -0.05) is 15.9 Å². The van der Waals surface area contributed by atoms with Gasteiger partial charge in [0.25, 0.3) is 0 Å². The molecule has 1 aromatic carbocycles. The van der Waals surface area contributed by atoms with E-state index in [2.05, 4.69) is 53.1 Å². The van der Waals surface area contributed by atoms with Gasteiger partial charge in [-0.3, -0.25) is 4.79 Å². The monoisotopic (exact) mass is 460 g/mol. The summed E-state index contributed by atoms with van der Waals surface area (Å²) in [5.41, 5.74) is 0.600. The van der Waals surface area contributed by atoms with Crippen LogP contribution in [0.15, 0.2) is 25.6 Å². The maximum Gasteiger partial charge on any atom is 0.506 e. The van der Waals surface area contributed by atoms with Crippen molar-refractivity contribution in [1.82, 2.24) is 0 Å². The van der Waals surface area contributed by atoms with E-state index in [1.807, 2.05) is 0 Å². The normalized spacial score (nSPS) is 13.1. The Morgan fingerprint density at radius 2 is 1.89 bits per heavy atom. The molecule has 0 aliphatic carbocycles. The first-order valence-corrected chi connectivity index (χ1v) is 8.68. The first-order valence-electron chi connectivity index (χ1n) is 4.90. The molecule has 1 aromatic rings. The van der Waals surface area contributed by atoms with Crippen molar-refractivity contribution in [2.24, 2.45) is 5.92 Å². The highest BCUT2D eigenvalue weighted by molar-refractivity contribution is 9.11.